The Bertz CT molecular complexity index is 276. The fourth-order valence-corrected chi connectivity index (χ4v) is 0.972. The minimum absolute atomic E-state index is 0.560. The van der Waals surface area contributed by atoms with Gasteiger partial charge in [0.2, 0.25) is 0 Å². The van der Waals surface area contributed by atoms with Gasteiger partial charge in [0.25, 0.3) is 0 Å². The maximum atomic E-state index is 9.22. The molecule has 0 aromatic rings. The van der Waals surface area contributed by atoms with E-state index in [0.29, 0.717) is 12.8 Å². The van der Waals surface area contributed by atoms with Crippen LogP contribution >= 0.6 is 0 Å². The Hall–Kier alpha value is -1.00. The van der Waals surface area contributed by atoms with E-state index in [0.717, 1.165) is 6.42 Å². The molecule has 70 valence electrons. The van der Waals surface area contributed by atoms with E-state index in [4.69, 9.17) is 0 Å². The largest absolute Gasteiger partial charge is 0.380 e. The highest BCUT2D eigenvalue weighted by atomic mass is 16.3. The lowest BCUT2D eigenvalue weighted by Gasteiger charge is -2.07. The van der Waals surface area contributed by atoms with Crippen LogP contribution in [0.25, 0.3) is 0 Å². The summed E-state index contributed by atoms with van der Waals surface area (Å²) in [6, 6.07) is 0. The van der Waals surface area contributed by atoms with Gasteiger partial charge in [0.15, 0.2) is 12.2 Å². The molecular formula is C10H12O3. The van der Waals surface area contributed by atoms with Crippen LogP contribution in [0.3, 0.4) is 0 Å². The van der Waals surface area contributed by atoms with Crippen molar-refractivity contribution in [3.63, 3.8) is 0 Å². The highest BCUT2D eigenvalue weighted by molar-refractivity contribution is 5.18. The molecule has 0 aromatic heterocycles. The predicted molar refractivity (Wildman–Crippen MR) is 47.4 cm³/mol. The number of aliphatic hydroxyl groups is 3. The molecule has 1 unspecified atom stereocenters. The molecule has 0 fully saturated rings. The molecule has 0 aliphatic heterocycles. The Labute approximate surface area is 77.4 Å². The van der Waals surface area contributed by atoms with E-state index in [2.05, 4.69) is 23.7 Å². The molecule has 1 aliphatic rings. The lowest BCUT2D eigenvalue weighted by Crippen LogP contribution is -2.23. The van der Waals surface area contributed by atoms with E-state index in [9.17, 15) is 15.3 Å². The number of hydrogen-bond donors (Lipinski definition) is 3. The van der Waals surface area contributed by atoms with Crippen LogP contribution in [-0.4, -0.2) is 33.6 Å². The summed E-state index contributed by atoms with van der Waals surface area (Å²) in [5.41, 5.74) is 0. The average Bonchev–Trinajstić information content (AvgIpc) is 2.12. The molecule has 3 N–H and O–H groups in total. The van der Waals surface area contributed by atoms with Crippen LogP contribution < -0.4 is 0 Å². The van der Waals surface area contributed by atoms with Gasteiger partial charge in [-0.2, -0.15) is 0 Å². The van der Waals surface area contributed by atoms with Crippen molar-refractivity contribution in [1.29, 1.82) is 0 Å². The van der Waals surface area contributed by atoms with Crippen LogP contribution in [0.15, 0.2) is 0 Å². The van der Waals surface area contributed by atoms with Crippen molar-refractivity contribution in [3.8, 4) is 23.7 Å². The van der Waals surface area contributed by atoms with Crippen molar-refractivity contribution in [3.05, 3.63) is 0 Å². The van der Waals surface area contributed by atoms with Gasteiger partial charge in [-0.25, -0.2) is 0 Å². The molecule has 0 aromatic carbocycles. The Morgan fingerprint density at radius 1 is 0.923 bits per heavy atom. The fourth-order valence-electron chi connectivity index (χ4n) is 0.972. The first-order valence-corrected chi connectivity index (χ1v) is 4.24. The summed E-state index contributed by atoms with van der Waals surface area (Å²) < 4.78 is 0. The van der Waals surface area contributed by atoms with E-state index in [1.165, 1.54) is 0 Å². The second-order valence-electron chi connectivity index (χ2n) is 2.91. The number of hydrogen-bond acceptors (Lipinski definition) is 3. The second kappa shape index (κ2) is 4.89. The molecule has 0 spiro atoms. The summed E-state index contributed by atoms with van der Waals surface area (Å²) in [5, 5.41) is 27.6. The zero-order chi connectivity index (χ0) is 9.68. The second-order valence-corrected chi connectivity index (χ2v) is 2.91. The summed E-state index contributed by atoms with van der Waals surface area (Å²) in [6.45, 7) is 0. The van der Waals surface area contributed by atoms with Crippen molar-refractivity contribution < 1.29 is 15.3 Å². The predicted octanol–water partition coefficient (Wildman–Crippen LogP) is -0.740. The Morgan fingerprint density at radius 3 is 2.38 bits per heavy atom. The SMILES string of the molecule is OC1C#C[C@@H](O)[C@@H](O)C#CCCC1. The van der Waals surface area contributed by atoms with Gasteiger partial charge >= 0.3 is 0 Å². The normalized spacial score (nSPS) is 33.6. The minimum atomic E-state index is -1.18. The third-order valence-corrected chi connectivity index (χ3v) is 1.73. The lowest BCUT2D eigenvalue weighted by atomic mass is 10.1. The lowest BCUT2D eigenvalue weighted by molar-refractivity contribution is 0.0925. The molecule has 3 nitrogen and oxygen atoms in total. The quantitative estimate of drug-likeness (QED) is 0.430. The summed E-state index contributed by atoms with van der Waals surface area (Å²) in [5.74, 6) is 10.0. The van der Waals surface area contributed by atoms with Crippen LogP contribution in [0.2, 0.25) is 0 Å². The fraction of sp³-hybridized carbons (Fsp3) is 0.600. The topological polar surface area (TPSA) is 60.7 Å². The molecule has 1 rings (SSSR count). The molecule has 0 saturated carbocycles. The van der Waals surface area contributed by atoms with Crippen molar-refractivity contribution in [2.45, 2.75) is 37.6 Å². The minimum Gasteiger partial charge on any atom is -0.380 e. The van der Waals surface area contributed by atoms with Crippen molar-refractivity contribution in [2.24, 2.45) is 0 Å². The smallest absolute Gasteiger partial charge is 0.151 e. The van der Waals surface area contributed by atoms with Crippen LogP contribution in [0.5, 0.6) is 0 Å². The average molecular weight is 180 g/mol. The van der Waals surface area contributed by atoms with Crippen molar-refractivity contribution >= 4 is 0 Å². The maximum absolute atomic E-state index is 9.22. The third-order valence-electron chi connectivity index (χ3n) is 1.73. The van der Waals surface area contributed by atoms with Gasteiger partial charge in [0.05, 0.1) is 0 Å². The van der Waals surface area contributed by atoms with Crippen LogP contribution in [-0.2, 0) is 0 Å². The monoisotopic (exact) mass is 180 g/mol. The van der Waals surface area contributed by atoms with Crippen molar-refractivity contribution in [1.82, 2.24) is 0 Å². The summed E-state index contributed by atoms with van der Waals surface area (Å²) in [6.07, 6.45) is -1.10. The van der Waals surface area contributed by atoms with Gasteiger partial charge in [0, 0.05) is 6.42 Å². The first-order chi connectivity index (χ1) is 6.20. The summed E-state index contributed by atoms with van der Waals surface area (Å²) in [7, 11) is 0. The van der Waals surface area contributed by atoms with Crippen LogP contribution in [0, 0.1) is 23.7 Å². The van der Waals surface area contributed by atoms with Crippen molar-refractivity contribution in [2.75, 3.05) is 0 Å². The first kappa shape index (κ1) is 10.1. The Morgan fingerprint density at radius 2 is 1.62 bits per heavy atom. The molecule has 1 aliphatic carbocycles. The zero-order valence-corrected chi connectivity index (χ0v) is 7.20. The summed E-state index contributed by atoms with van der Waals surface area (Å²) >= 11 is 0. The third kappa shape index (κ3) is 3.48. The molecule has 3 atom stereocenters. The maximum Gasteiger partial charge on any atom is 0.151 e. The van der Waals surface area contributed by atoms with Gasteiger partial charge in [-0.3, -0.25) is 0 Å². The Balaban J connectivity index is 2.69. The molecule has 0 saturated heterocycles. The van der Waals surface area contributed by atoms with E-state index in [-0.39, 0.29) is 0 Å². The van der Waals surface area contributed by atoms with Crippen LogP contribution in [0.1, 0.15) is 19.3 Å². The highest BCUT2D eigenvalue weighted by Crippen LogP contribution is 2.01. The van der Waals surface area contributed by atoms with E-state index < -0.39 is 18.3 Å². The van der Waals surface area contributed by atoms with Crippen LogP contribution in [0.4, 0.5) is 0 Å². The number of aliphatic hydroxyl groups excluding tert-OH is 3. The molecule has 13 heavy (non-hydrogen) atoms. The van der Waals surface area contributed by atoms with E-state index in [1.54, 1.807) is 0 Å². The van der Waals surface area contributed by atoms with Gasteiger partial charge in [-0.05, 0) is 12.8 Å². The number of rotatable bonds is 0. The molecule has 3 heteroatoms. The van der Waals surface area contributed by atoms with E-state index >= 15 is 0 Å². The molecule has 0 heterocycles. The standard InChI is InChI=1S/C10H12O3/c11-8-4-2-1-3-5-9(12)10(13)7-6-8/h8-13H,1-2,4H2/t8?,9-,10+/m0/s1. The van der Waals surface area contributed by atoms with Gasteiger partial charge < -0.3 is 15.3 Å². The van der Waals surface area contributed by atoms with Gasteiger partial charge in [-0.1, -0.05) is 17.8 Å². The van der Waals surface area contributed by atoms with E-state index in [1.807, 2.05) is 0 Å². The molecular weight excluding hydrogens is 168 g/mol. The first-order valence-electron chi connectivity index (χ1n) is 4.24. The van der Waals surface area contributed by atoms with Gasteiger partial charge in [0.1, 0.15) is 6.10 Å². The summed E-state index contributed by atoms with van der Waals surface area (Å²) in [4.78, 5) is 0. The Kier molecular flexibility index (Phi) is 3.79. The molecule has 0 bridgehead atoms. The zero-order valence-electron chi connectivity index (χ0n) is 7.20. The van der Waals surface area contributed by atoms with Gasteiger partial charge in [-0.15, -0.1) is 5.92 Å². The highest BCUT2D eigenvalue weighted by Gasteiger charge is 2.10. The molecule has 0 amide bonds. The molecule has 0 radical (unpaired) electrons.